The molecule has 0 aromatic heterocycles. The Bertz CT molecular complexity index is 918. The monoisotopic (exact) mass is 359 g/mol. The van der Waals surface area contributed by atoms with Gasteiger partial charge in [-0.15, -0.1) is 0 Å². The summed E-state index contributed by atoms with van der Waals surface area (Å²) in [5.74, 6) is 0.357. The molecule has 2 aromatic carbocycles. The van der Waals surface area contributed by atoms with Gasteiger partial charge in [-0.25, -0.2) is 17.8 Å². The lowest BCUT2D eigenvalue weighted by Gasteiger charge is -2.16. The summed E-state index contributed by atoms with van der Waals surface area (Å²) in [5, 5.41) is 6.21. The summed E-state index contributed by atoms with van der Waals surface area (Å²) in [6, 6.07) is 13.4. The summed E-state index contributed by atoms with van der Waals surface area (Å²) in [5.41, 5.74) is 3.43. The van der Waals surface area contributed by atoms with Crippen LogP contribution in [0.3, 0.4) is 0 Å². The van der Waals surface area contributed by atoms with Gasteiger partial charge in [0.05, 0.1) is 12.3 Å². The van der Waals surface area contributed by atoms with Crippen molar-refractivity contribution in [3.63, 3.8) is 0 Å². The standard InChI is InChI=1S/C18H18FN3O2S/c1-25(23,24)12-13-2-8-17(9-3-13)22-18-20-10-15(11-21-18)14-4-6-16(19)7-5-14/h2-10H,11-12H2,1H3,(H2,20,21,22). The van der Waals surface area contributed by atoms with Crippen molar-refractivity contribution < 1.29 is 12.8 Å². The zero-order valence-electron chi connectivity index (χ0n) is 13.7. The Morgan fingerprint density at radius 3 is 2.36 bits per heavy atom. The van der Waals surface area contributed by atoms with Gasteiger partial charge < -0.3 is 10.6 Å². The number of hydrogen-bond acceptors (Lipinski definition) is 5. The lowest BCUT2D eigenvalue weighted by Crippen LogP contribution is -2.29. The summed E-state index contributed by atoms with van der Waals surface area (Å²) < 4.78 is 35.6. The van der Waals surface area contributed by atoms with Crippen LogP contribution in [0.15, 0.2) is 59.7 Å². The highest BCUT2D eigenvalue weighted by molar-refractivity contribution is 7.89. The molecule has 0 bridgehead atoms. The molecule has 0 amide bonds. The van der Waals surface area contributed by atoms with E-state index in [4.69, 9.17) is 0 Å². The fourth-order valence-corrected chi connectivity index (χ4v) is 3.25. The molecule has 0 unspecified atom stereocenters. The summed E-state index contributed by atoms with van der Waals surface area (Å²) in [6.07, 6.45) is 3.05. The second kappa shape index (κ2) is 7.06. The summed E-state index contributed by atoms with van der Waals surface area (Å²) in [7, 11) is -3.04. The smallest absolute Gasteiger partial charge is 0.200 e. The fourth-order valence-electron chi connectivity index (χ4n) is 2.45. The molecule has 7 heteroatoms. The Hall–Kier alpha value is -2.67. The van der Waals surface area contributed by atoms with Gasteiger partial charge in [-0.3, -0.25) is 0 Å². The van der Waals surface area contributed by atoms with Crippen LogP contribution in [0.5, 0.6) is 0 Å². The molecule has 1 aliphatic rings. The van der Waals surface area contributed by atoms with Crippen molar-refractivity contribution in [1.29, 1.82) is 0 Å². The van der Waals surface area contributed by atoms with Gasteiger partial charge in [-0.2, -0.15) is 0 Å². The Labute approximate surface area is 146 Å². The molecular formula is C18H18FN3O2S. The number of hydrogen-bond donors (Lipinski definition) is 2. The lowest BCUT2D eigenvalue weighted by atomic mass is 10.1. The average molecular weight is 359 g/mol. The third-order valence-electron chi connectivity index (χ3n) is 3.65. The van der Waals surface area contributed by atoms with E-state index in [-0.39, 0.29) is 11.6 Å². The average Bonchev–Trinajstić information content (AvgIpc) is 2.57. The molecule has 2 aromatic rings. The molecule has 25 heavy (non-hydrogen) atoms. The minimum Gasteiger partial charge on any atom is -0.332 e. The summed E-state index contributed by atoms with van der Waals surface area (Å²) in [4.78, 5) is 4.42. The Balaban J connectivity index is 1.61. The Morgan fingerprint density at radius 1 is 1.12 bits per heavy atom. The molecule has 0 aliphatic carbocycles. The first kappa shape index (κ1) is 17.2. The topological polar surface area (TPSA) is 70.6 Å². The van der Waals surface area contributed by atoms with E-state index in [0.717, 1.165) is 22.4 Å². The molecule has 0 atom stereocenters. The molecule has 2 N–H and O–H groups in total. The van der Waals surface area contributed by atoms with Crippen LogP contribution >= 0.6 is 0 Å². The first-order chi connectivity index (χ1) is 11.9. The quantitative estimate of drug-likeness (QED) is 0.881. The number of aliphatic imine (C=N–C) groups is 1. The number of sulfone groups is 1. The van der Waals surface area contributed by atoms with Crippen molar-refractivity contribution in [3.8, 4) is 0 Å². The Kier molecular flexibility index (Phi) is 4.85. The molecular weight excluding hydrogens is 341 g/mol. The maximum Gasteiger partial charge on any atom is 0.200 e. The van der Waals surface area contributed by atoms with Crippen LogP contribution in [0.1, 0.15) is 11.1 Å². The summed E-state index contributed by atoms with van der Waals surface area (Å²) >= 11 is 0. The maximum atomic E-state index is 13.0. The first-order valence-electron chi connectivity index (χ1n) is 7.69. The molecule has 1 aliphatic heterocycles. The molecule has 3 rings (SSSR count). The number of guanidine groups is 1. The third kappa shape index (κ3) is 4.90. The maximum absolute atomic E-state index is 13.0. The van der Waals surface area contributed by atoms with E-state index >= 15 is 0 Å². The van der Waals surface area contributed by atoms with Gasteiger partial charge in [-0.05, 0) is 41.0 Å². The minimum absolute atomic E-state index is 0.0241. The van der Waals surface area contributed by atoms with Crippen molar-refractivity contribution in [3.05, 3.63) is 71.7 Å². The first-order valence-corrected chi connectivity index (χ1v) is 9.75. The van der Waals surface area contributed by atoms with E-state index in [9.17, 15) is 12.8 Å². The van der Waals surface area contributed by atoms with Gasteiger partial charge in [0, 0.05) is 18.1 Å². The van der Waals surface area contributed by atoms with Crippen LogP contribution in [-0.4, -0.2) is 27.2 Å². The molecule has 0 saturated heterocycles. The van der Waals surface area contributed by atoms with Crippen LogP contribution < -0.4 is 10.6 Å². The normalized spacial score (nSPS) is 14.3. The van der Waals surface area contributed by atoms with E-state index in [1.165, 1.54) is 18.4 Å². The number of benzene rings is 2. The van der Waals surface area contributed by atoms with Crippen molar-refractivity contribution in [2.45, 2.75) is 5.75 Å². The predicted molar refractivity (Wildman–Crippen MR) is 98.4 cm³/mol. The van der Waals surface area contributed by atoms with Gasteiger partial charge in [0.25, 0.3) is 0 Å². The molecule has 1 heterocycles. The number of halogens is 1. The number of rotatable bonds is 4. The summed E-state index contributed by atoms with van der Waals surface area (Å²) in [6.45, 7) is 0.479. The Morgan fingerprint density at radius 2 is 1.80 bits per heavy atom. The van der Waals surface area contributed by atoms with Crippen molar-refractivity contribution in [2.75, 3.05) is 18.1 Å². The predicted octanol–water partition coefficient (Wildman–Crippen LogP) is 2.78. The van der Waals surface area contributed by atoms with E-state index in [1.807, 2.05) is 18.3 Å². The molecule has 0 saturated carbocycles. The van der Waals surface area contributed by atoms with Crippen molar-refractivity contribution in [2.24, 2.45) is 4.99 Å². The fraction of sp³-hybridized carbons (Fsp3) is 0.167. The lowest BCUT2D eigenvalue weighted by molar-refractivity contribution is 0.601. The highest BCUT2D eigenvalue weighted by atomic mass is 32.2. The van der Waals surface area contributed by atoms with Crippen LogP contribution in [-0.2, 0) is 15.6 Å². The van der Waals surface area contributed by atoms with E-state index in [0.29, 0.717) is 12.5 Å². The van der Waals surface area contributed by atoms with Gasteiger partial charge in [0.15, 0.2) is 15.8 Å². The minimum atomic E-state index is -3.04. The second-order valence-electron chi connectivity index (χ2n) is 5.88. The van der Waals surface area contributed by atoms with E-state index < -0.39 is 9.84 Å². The van der Waals surface area contributed by atoms with Crippen molar-refractivity contribution in [1.82, 2.24) is 5.32 Å². The zero-order valence-corrected chi connectivity index (χ0v) is 14.5. The highest BCUT2D eigenvalue weighted by Gasteiger charge is 2.09. The van der Waals surface area contributed by atoms with Crippen LogP contribution in [0, 0.1) is 5.82 Å². The SMILES string of the molecule is CS(=O)(=O)Cc1ccc(NC2=NCC(c3ccc(F)cc3)=CN2)cc1. The van der Waals surface area contributed by atoms with Gasteiger partial charge in [-0.1, -0.05) is 24.3 Å². The molecule has 130 valence electrons. The van der Waals surface area contributed by atoms with Gasteiger partial charge in [0.2, 0.25) is 0 Å². The number of nitrogens with one attached hydrogen (secondary N) is 2. The van der Waals surface area contributed by atoms with E-state index in [2.05, 4.69) is 15.6 Å². The van der Waals surface area contributed by atoms with E-state index in [1.54, 1.807) is 24.3 Å². The van der Waals surface area contributed by atoms with Crippen LogP contribution in [0.2, 0.25) is 0 Å². The van der Waals surface area contributed by atoms with Crippen molar-refractivity contribution >= 4 is 27.1 Å². The highest BCUT2D eigenvalue weighted by Crippen LogP contribution is 2.17. The molecule has 0 radical (unpaired) electrons. The molecule has 5 nitrogen and oxygen atoms in total. The van der Waals surface area contributed by atoms with Crippen LogP contribution in [0.4, 0.5) is 10.1 Å². The number of nitrogens with zero attached hydrogens (tertiary/aromatic N) is 1. The largest absolute Gasteiger partial charge is 0.332 e. The van der Waals surface area contributed by atoms with Crippen LogP contribution in [0.25, 0.3) is 5.57 Å². The second-order valence-corrected chi connectivity index (χ2v) is 8.02. The molecule has 0 spiro atoms. The van der Waals surface area contributed by atoms with Gasteiger partial charge in [0.1, 0.15) is 5.82 Å². The molecule has 0 fully saturated rings. The number of anilines is 1. The zero-order chi connectivity index (χ0) is 17.9. The van der Waals surface area contributed by atoms with Gasteiger partial charge >= 0.3 is 0 Å². The third-order valence-corrected chi connectivity index (χ3v) is 4.51.